The highest BCUT2D eigenvalue weighted by atomic mass is 16.2. The molecule has 25 heavy (non-hydrogen) atoms. The van der Waals surface area contributed by atoms with E-state index in [4.69, 9.17) is 0 Å². The molecule has 0 radical (unpaired) electrons. The van der Waals surface area contributed by atoms with Gasteiger partial charge in [0.05, 0.1) is 17.5 Å². The Hall–Kier alpha value is -2.97. The summed E-state index contributed by atoms with van der Waals surface area (Å²) < 4.78 is 1.52. The van der Waals surface area contributed by atoms with Gasteiger partial charge in [-0.1, -0.05) is 0 Å². The molecule has 2 aromatic heterocycles. The molecule has 1 saturated heterocycles. The fourth-order valence-electron chi connectivity index (χ4n) is 2.91. The number of H-pyrrole nitrogens is 1. The fourth-order valence-corrected chi connectivity index (χ4v) is 2.91. The molecule has 9 heteroatoms. The zero-order valence-electron chi connectivity index (χ0n) is 14.2. The van der Waals surface area contributed by atoms with Crippen LogP contribution in [0.4, 0.5) is 0 Å². The van der Waals surface area contributed by atoms with Crippen molar-refractivity contribution in [2.45, 2.75) is 20.3 Å². The van der Waals surface area contributed by atoms with Crippen molar-refractivity contribution in [3.63, 3.8) is 0 Å². The van der Waals surface area contributed by atoms with Crippen LogP contribution in [0.15, 0.2) is 23.1 Å². The van der Waals surface area contributed by atoms with Gasteiger partial charge in [0.25, 0.3) is 11.5 Å². The van der Waals surface area contributed by atoms with E-state index in [-0.39, 0.29) is 17.4 Å². The quantitative estimate of drug-likeness (QED) is 0.823. The number of carbonyl (C=O) groups excluding carboxylic acids is 2. The van der Waals surface area contributed by atoms with E-state index in [2.05, 4.69) is 15.3 Å². The van der Waals surface area contributed by atoms with Gasteiger partial charge in [-0.3, -0.25) is 14.4 Å². The third kappa shape index (κ3) is 3.44. The normalized spacial score (nSPS) is 15.1. The van der Waals surface area contributed by atoms with Crippen LogP contribution in [0.5, 0.6) is 0 Å². The molecular weight excluding hydrogens is 324 g/mol. The number of hydrogen-bond acceptors (Lipinski definition) is 5. The van der Waals surface area contributed by atoms with Crippen molar-refractivity contribution in [2.75, 3.05) is 26.2 Å². The minimum absolute atomic E-state index is 0.0300. The van der Waals surface area contributed by atoms with E-state index in [0.717, 1.165) is 6.42 Å². The highest BCUT2D eigenvalue weighted by molar-refractivity contribution is 5.95. The van der Waals surface area contributed by atoms with Gasteiger partial charge in [0.1, 0.15) is 0 Å². The Kier molecular flexibility index (Phi) is 4.64. The molecule has 0 aliphatic carbocycles. The van der Waals surface area contributed by atoms with E-state index in [0.29, 0.717) is 43.3 Å². The van der Waals surface area contributed by atoms with Crippen LogP contribution >= 0.6 is 0 Å². The van der Waals surface area contributed by atoms with Crippen LogP contribution in [0.3, 0.4) is 0 Å². The van der Waals surface area contributed by atoms with Crippen LogP contribution in [-0.2, 0) is 4.79 Å². The van der Waals surface area contributed by atoms with Gasteiger partial charge in [0.2, 0.25) is 5.91 Å². The van der Waals surface area contributed by atoms with Crippen molar-refractivity contribution in [3.8, 4) is 5.82 Å². The average Bonchev–Trinajstić information content (AvgIpc) is 2.82. The maximum atomic E-state index is 12.8. The van der Waals surface area contributed by atoms with E-state index in [1.54, 1.807) is 29.7 Å². The monoisotopic (exact) mass is 344 g/mol. The topological polar surface area (TPSA) is 104 Å². The van der Waals surface area contributed by atoms with Gasteiger partial charge in [-0.25, -0.2) is 9.78 Å². The Balaban J connectivity index is 1.80. The fraction of sp³-hybridized carbons (Fsp3) is 0.438. The number of aromatic amines is 1. The summed E-state index contributed by atoms with van der Waals surface area (Å²) >= 11 is 0. The predicted octanol–water partition coefficient (Wildman–Crippen LogP) is -0.0416. The highest BCUT2D eigenvalue weighted by Gasteiger charge is 2.24. The summed E-state index contributed by atoms with van der Waals surface area (Å²) in [5, 5.41) is 10.5. The second-order valence-corrected chi connectivity index (χ2v) is 5.99. The second kappa shape index (κ2) is 6.88. The number of nitrogens with zero attached hydrogens (tertiary/aromatic N) is 5. The Bertz CT molecular complexity index is 835. The molecule has 2 amide bonds. The molecule has 0 aromatic carbocycles. The summed E-state index contributed by atoms with van der Waals surface area (Å²) in [6, 6.07) is 2.90. The molecule has 0 spiro atoms. The lowest BCUT2D eigenvalue weighted by molar-refractivity contribution is -0.128. The number of nitrogens with one attached hydrogen (secondary N) is 1. The predicted molar refractivity (Wildman–Crippen MR) is 89.5 cm³/mol. The van der Waals surface area contributed by atoms with Gasteiger partial charge in [-0.05, 0) is 19.4 Å². The minimum atomic E-state index is -0.301. The van der Waals surface area contributed by atoms with Crippen molar-refractivity contribution in [2.24, 2.45) is 0 Å². The van der Waals surface area contributed by atoms with Gasteiger partial charge < -0.3 is 9.80 Å². The molecule has 0 saturated carbocycles. The molecule has 1 aliphatic heterocycles. The molecule has 9 nitrogen and oxygen atoms in total. The maximum Gasteiger partial charge on any atom is 0.264 e. The Morgan fingerprint density at radius 2 is 1.84 bits per heavy atom. The van der Waals surface area contributed by atoms with E-state index in [9.17, 15) is 14.4 Å². The van der Waals surface area contributed by atoms with Crippen LogP contribution in [0.1, 0.15) is 29.4 Å². The molecule has 3 heterocycles. The molecule has 0 unspecified atom stereocenters. The van der Waals surface area contributed by atoms with Crippen LogP contribution in [-0.4, -0.2) is 67.8 Å². The SMILES string of the molecule is CC(=O)N1CCCN(C(=O)c2cnn(-c3ccc(=O)[nH]n3)c2C)CC1. The second-order valence-electron chi connectivity index (χ2n) is 5.99. The van der Waals surface area contributed by atoms with E-state index < -0.39 is 0 Å². The first kappa shape index (κ1) is 16.9. The average molecular weight is 344 g/mol. The van der Waals surface area contributed by atoms with Crippen LogP contribution in [0.2, 0.25) is 0 Å². The third-order valence-corrected chi connectivity index (χ3v) is 4.35. The maximum absolute atomic E-state index is 12.8. The smallest absolute Gasteiger partial charge is 0.264 e. The van der Waals surface area contributed by atoms with Crippen molar-refractivity contribution in [3.05, 3.63) is 39.9 Å². The number of carbonyl (C=O) groups is 2. The van der Waals surface area contributed by atoms with Crippen molar-refractivity contribution in [1.29, 1.82) is 0 Å². The lowest BCUT2D eigenvalue weighted by Crippen LogP contribution is -2.36. The number of hydrogen-bond donors (Lipinski definition) is 1. The number of rotatable bonds is 2. The summed E-state index contributed by atoms with van der Waals surface area (Å²) in [6.07, 6.45) is 2.26. The van der Waals surface area contributed by atoms with Gasteiger partial charge in [-0.2, -0.15) is 10.2 Å². The largest absolute Gasteiger partial charge is 0.341 e. The third-order valence-electron chi connectivity index (χ3n) is 4.35. The van der Waals surface area contributed by atoms with Crippen LogP contribution in [0.25, 0.3) is 5.82 Å². The molecule has 3 rings (SSSR count). The van der Waals surface area contributed by atoms with Gasteiger partial charge in [0, 0.05) is 39.2 Å². The molecule has 1 N–H and O–H groups in total. The van der Waals surface area contributed by atoms with Gasteiger partial charge in [0.15, 0.2) is 5.82 Å². The minimum Gasteiger partial charge on any atom is -0.341 e. The number of aromatic nitrogens is 4. The molecule has 1 fully saturated rings. The lowest BCUT2D eigenvalue weighted by atomic mass is 10.2. The Labute approximate surface area is 144 Å². The van der Waals surface area contributed by atoms with E-state index >= 15 is 0 Å². The molecule has 2 aromatic rings. The lowest BCUT2D eigenvalue weighted by Gasteiger charge is -2.21. The summed E-state index contributed by atoms with van der Waals surface area (Å²) in [4.78, 5) is 39.0. The molecule has 1 aliphatic rings. The standard InChI is InChI=1S/C16H20N6O3/c1-11-13(10-17-22(11)14-4-5-15(24)19-18-14)16(25)21-7-3-6-20(8-9-21)12(2)23/h4-5,10H,3,6-9H2,1-2H3,(H,19,24). The first-order valence-corrected chi connectivity index (χ1v) is 8.13. The van der Waals surface area contributed by atoms with Gasteiger partial charge in [-0.15, -0.1) is 0 Å². The number of amides is 2. The van der Waals surface area contributed by atoms with Gasteiger partial charge >= 0.3 is 0 Å². The van der Waals surface area contributed by atoms with E-state index in [1.165, 1.54) is 16.9 Å². The van der Waals surface area contributed by atoms with Crippen molar-refractivity contribution < 1.29 is 9.59 Å². The van der Waals surface area contributed by atoms with Crippen LogP contribution < -0.4 is 5.56 Å². The summed E-state index contributed by atoms with van der Waals surface area (Å²) in [6.45, 7) is 5.63. The van der Waals surface area contributed by atoms with Crippen molar-refractivity contribution >= 4 is 11.8 Å². The Morgan fingerprint density at radius 1 is 1.12 bits per heavy atom. The summed E-state index contributed by atoms with van der Waals surface area (Å²) in [5.74, 6) is 0.357. The van der Waals surface area contributed by atoms with Crippen molar-refractivity contribution in [1.82, 2.24) is 29.8 Å². The molecule has 0 bridgehead atoms. The molecule has 132 valence electrons. The summed E-state index contributed by atoms with van der Waals surface area (Å²) in [5.41, 5.74) is 0.839. The zero-order valence-corrected chi connectivity index (χ0v) is 14.2. The highest BCUT2D eigenvalue weighted by Crippen LogP contribution is 2.15. The molecular formula is C16H20N6O3. The first-order chi connectivity index (χ1) is 12.0. The summed E-state index contributed by atoms with van der Waals surface area (Å²) in [7, 11) is 0. The Morgan fingerprint density at radius 3 is 2.52 bits per heavy atom. The van der Waals surface area contributed by atoms with E-state index in [1.807, 2.05) is 0 Å². The van der Waals surface area contributed by atoms with Crippen LogP contribution in [0, 0.1) is 6.92 Å². The first-order valence-electron chi connectivity index (χ1n) is 8.13. The zero-order chi connectivity index (χ0) is 18.0. The molecule has 0 atom stereocenters.